The molecular formula is C17H25N3O4. The molecule has 7 heteroatoms. The summed E-state index contributed by atoms with van der Waals surface area (Å²) in [7, 11) is 0. The van der Waals surface area contributed by atoms with Gasteiger partial charge in [0.2, 0.25) is 0 Å². The summed E-state index contributed by atoms with van der Waals surface area (Å²) in [5.74, 6) is -0.412. The van der Waals surface area contributed by atoms with Gasteiger partial charge in [0.25, 0.3) is 11.5 Å². The van der Waals surface area contributed by atoms with E-state index >= 15 is 0 Å². The van der Waals surface area contributed by atoms with Crippen molar-refractivity contribution in [2.24, 2.45) is 0 Å². The number of pyridine rings is 1. The average molecular weight is 335 g/mol. The van der Waals surface area contributed by atoms with E-state index in [-0.39, 0.29) is 17.7 Å². The largest absolute Gasteiger partial charge is 0.444 e. The Hall–Kier alpha value is -2.31. The van der Waals surface area contributed by atoms with Crippen molar-refractivity contribution in [1.29, 1.82) is 0 Å². The molecule has 0 aromatic carbocycles. The van der Waals surface area contributed by atoms with Crippen molar-refractivity contribution in [3.8, 4) is 0 Å². The Labute approximate surface area is 141 Å². The Morgan fingerprint density at radius 3 is 2.58 bits per heavy atom. The van der Waals surface area contributed by atoms with Gasteiger partial charge in [0.15, 0.2) is 0 Å². The van der Waals surface area contributed by atoms with Gasteiger partial charge in [-0.15, -0.1) is 0 Å². The second-order valence-electron chi connectivity index (χ2n) is 7.22. The lowest BCUT2D eigenvalue weighted by Crippen LogP contribution is -2.41. The highest BCUT2D eigenvalue weighted by molar-refractivity contribution is 5.95. The van der Waals surface area contributed by atoms with Crippen molar-refractivity contribution < 1.29 is 14.3 Å². The van der Waals surface area contributed by atoms with Gasteiger partial charge in [-0.3, -0.25) is 9.59 Å². The maximum atomic E-state index is 12.4. The lowest BCUT2D eigenvalue weighted by molar-refractivity contribution is 0.0290. The molecule has 7 nitrogen and oxygen atoms in total. The van der Waals surface area contributed by atoms with Gasteiger partial charge >= 0.3 is 6.09 Å². The highest BCUT2D eigenvalue weighted by Gasteiger charge is 2.31. The van der Waals surface area contributed by atoms with Crippen LogP contribution >= 0.6 is 0 Å². The second-order valence-corrected chi connectivity index (χ2v) is 7.22. The Morgan fingerprint density at radius 2 is 2.00 bits per heavy atom. The fraction of sp³-hybridized carbons (Fsp3) is 0.588. The molecule has 0 saturated carbocycles. The first kappa shape index (κ1) is 18.0. The standard InChI is InChI=1S/C17H25N3O4/c1-10-8-11(2)18-14(21)13(10)15(22)19-12-6-7-20(9-12)16(23)24-17(3,4)5/h8,12H,6-7,9H2,1-5H3,(H,18,21)(H,19,22)/t12-/m0/s1. The summed E-state index contributed by atoms with van der Waals surface area (Å²) < 4.78 is 5.33. The molecule has 0 spiro atoms. The van der Waals surface area contributed by atoms with E-state index < -0.39 is 17.1 Å². The monoisotopic (exact) mass is 335 g/mol. The van der Waals surface area contributed by atoms with Gasteiger partial charge in [-0.05, 0) is 52.7 Å². The van der Waals surface area contributed by atoms with Crippen LogP contribution in [0.4, 0.5) is 4.79 Å². The Kier molecular flexibility index (Phi) is 5.01. The zero-order valence-corrected chi connectivity index (χ0v) is 14.9. The molecule has 0 aliphatic carbocycles. The number of hydrogen-bond donors (Lipinski definition) is 2. The van der Waals surface area contributed by atoms with Gasteiger partial charge in [-0.1, -0.05) is 0 Å². The number of nitrogens with one attached hydrogen (secondary N) is 2. The lowest BCUT2D eigenvalue weighted by Gasteiger charge is -2.24. The normalized spacial score (nSPS) is 17.7. The molecule has 0 radical (unpaired) electrons. The third kappa shape index (κ3) is 4.37. The van der Waals surface area contributed by atoms with Crippen LogP contribution in [0.5, 0.6) is 0 Å². The number of ether oxygens (including phenoxy) is 1. The number of aromatic nitrogens is 1. The van der Waals surface area contributed by atoms with E-state index in [1.807, 2.05) is 20.8 Å². The minimum absolute atomic E-state index is 0.122. The van der Waals surface area contributed by atoms with E-state index in [0.29, 0.717) is 30.8 Å². The van der Waals surface area contributed by atoms with Crippen molar-refractivity contribution in [3.05, 3.63) is 33.2 Å². The van der Waals surface area contributed by atoms with Crippen LogP contribution in [0.3, 0.4) is 0 Å². The number of carbonyl (C=O) groups is 2. The Morgan fingerprint density at radius 1 is 1.33 bits per heavy atom. The van der Waals surface area contributed by atoms with E-state index in [1.165, 1.54) is 0 Å². The zero-order chi connectivity index (χ0) is 18.1. The summed E-state index contributed by atoms with van der Waals surface area (Å²) in [6.07, 6.45) is 0.247. The molecule has 0 bridgehead atoms. The second kappa shape index (κ2) is 6.67. The summed E-state index contributed by atoms with van der Waals surface area (Å²) in [4.78, 5) is 40.7. The number of H-pyrrole nitrogens is 1. The fourth-order valence-corrected chi connectivity index (χ4v) is 2.76. The van der Waals surface area contributed by atoms with E-state index in [1.54, 1.807) is 24.8 Å². The first-order valence-corrected chi connectivity index (χ1v) is 8.06. The average Bonchev–Trinajstić information content (AvgIpc) is 2.83. The molecule has 2 heterocycles. The molecular weight excluding hydrogens is 310 g/mol. The van der Waals surface area contributed by atoms with E-state index in [2.05, 4.69) is 10.3 Å². The van der Waals surface area contributed by atoms with Gasteiger partial charge < -0.3 is 19.9 Å². The fourth-order valence-electron chi connectivity index (χ4n) is 2.76. The van der Waals surface area contributed by atoms with E-state index in [4.69, 9.17) is 4.74 Å². The first-order valence-electron chi connectivity index (χ1n) is 8.06. The van der Waals surface area contributed by atoms with Gasteiger partial charge in [0.05, 0.1) is 0 Å². The predicted octanol–water partition coefficient (Wildman–Crippen LogP) is 1.73. The molecule has 2 amide bonds. The SMILES string of the molecule is Cc1cc(C)c(C(=O)N[C@H]2CCN(C(=O)OC(C)(C)C)C2)c(=O)[nH]1. The molecule has 1 saturated heterocycles. The van der Waals surface area contributed by atoms with Crippen LogP contribution in [-0.4, -0.2) is 46.6 Å². The molecule has 2 rings (SSSR count). The number of amides is 2. The van der Waals surface area contributed by atoms with Crippen LogP contribution in [0.2, 0.25) is 0 Å². The number of carbonyl (C=O) groups excluding carboxylic acids is 2. The van der Waals surface area contributed by atoms with Gasteiger partial charge in [0, 0.05) is 24.8 Å². The van der Waals surface area contributed by atoms with Crippen molar-refractivity contribution in [1.82, 2.24) is 15.2 Å². The maximum Gasteiger partial charge on any atom is 0.410 e. The molecule has 1 aromatic rings. The predicted molar refractivity (Wildman–Crippen MR) is 90.2 cm³/mol. The number of aryl methyl sites for hydroxylation is 2. The molecule has 1 aliphatic rings. The molecule has 1 atom stereocenters. The highest BCUT2D eigenvalue weighted by Crippen LogP contribution is 2.16. The molecule has 1 fully saturated rings. The number of nitrogens with zero attached hydrogens (tertiary/aromatic N) is 1. The minimum Gasteiger partial charge on any atom is -0.444 e. The first-order chi connectivity index (χ1) is 11.1. The molecule has 2 N–H and O–H groups in total. The van der Waals surface area contributed by atoms with Crippen molar-refractivity contribution in [2.45, 2.75) is 52.7 Å². The number of aromatic amines is 1. The molecule has 132 valence electrons. The van der Waals surface area contributed by atoms with Crippen LogP contribution in [0.15, 0.2) is 10.9 Å². The van der Waals surface area contributed by atoms with E-state index in [0.717, 1.165) is 0 Å². The molecule has 1 aromatic heterocycles. The van der Waals surface area contributed by atoms with Crippen LogP contribution in [0.25, 0.3) is 0 Å². The van der Waals surface area contributed by atoms with Gasteiger partial charge in [0.1, 0.15) is 11.2 Å². The van der Waals surface area contributed by atoms with Crippen LogP contribution < -0.4 is 10.9 Å². The molecule has 0 unspecified atom stereocenters. The smallest absolute Gasteiger partial charge is 0.410 e. The lowest BCUT2D eigenvalue weighted by atomic mass is 10.1. The quantitative estimate of drug-likeness (QED) is 0.861. The summed E-state index contributed by atoms with van der Waals surface area (Å²) >= 11 is 0. The Balaban J connectivity index is 2.00. The summed E-state index contributed by atoms with van der Waals surface area (Å²) in [6, 6.07) is 1.57. The zero-order valence-electron chi connectivity index (χ0n) is 14.9. The third-order valence-electron chi connectivity index (χ3n) is 3.77. The summed E-state index contributed by atoms with van der Waals surface area (Å²) in [5.41, 5.74) is 0.523. The van der Waals surface area contributed by atoms with Crippen LogP contribution in [0.1, 0.15) is 48.8 Å². The summed E-state index contributed by atoms with van der Waals surface area (Å²) in [5, 5.41) is 2.84. The number of hydrogen-bond acceptors (Lipinski definition) is 4. The number of likely N-dealkylation sites (tertiary alicyclic amines) is 1. The highest BCUT2D eigenvalue weighted by atomic mass is 16.6. The third-order valence-corrected chi connectivity index (χ3v) is 3.77. The van der Waals surface area contributed by atoms with Gasteiger partial charge in [-0.25, -0.2) is 4.79 Å². The van der Waals surface area contributed by atoms with E-state index in [9.17, 15) is 14.4 Å². The molecule has 1 aliphatic heterocycles. The summed E-state index contributed by atoms with van der Waals surface area (Å²) in [6.45, 7) is 9.84. The van der Waals surface area contributed by atoms with Crippen LogP contribution in [-0.2, 0) is 4.74 Å². The topological polar surface area (TPSA) is 91.5 Å². The maximum absolute atomic E-state index is 12.4. The minimum atomic E-state index is -0.551. The van der Waals surface area contributed by atoms with Crippen molar-refractivity contribution in [3.63, 3.8) is 0 Å². The van der Waals surface area contributed by atoms with Gasteiger partial charge in [-0.2, -0.15) is 0 Å². The van der Waals surface area contributed by atoms with Crippen LogP contribution in [0, 0.1) is 13.8 Å². The molecule has 24 heavy (non-hydrogen) atoms. The van der Waals surface area contributed by atoms with Crippen molar-refractivity contribution in [2.75, 3.05) is 13.1 Å². The van der Waals surface area contributed by atoms with Crippen molar-refractivity contribution >= 4 is 12.0 Å². The number of rotatable bonds is 2. The Bertz CT molecular complexity index is 703.